The SMILES string of the molecule is CCCCC/C=C\C[C@H](O)/C=C/C=C/C=C\[C@H](O)CCCC(=O)O[C@H](COC(=O)CCCCCCCCCCCCc1oc(CCCCC)c(C)c1C)COP(=O)([O-])OCC[N+](C)(C)C. The zero-order chi connectivity index (χ0) is 48.2. The second kappa shape index (κ2) is 37.2. The van der Waals surface area contributed by atoms with Crippen molar-refractivity contribution in [3.8, 4) is 0 Å². The van der Waals surface area contributed by atoms with E-state index in [0.29, 0.717) is 30.3 Å². The first kappa shape index (κ1) is 60.2. The van der Waals surface area contributed by atoms with E-state index in [1.807, 2.05) is 27.2 Å². The predicted molar refractivity (Wildman–Crippen MR) is 260 cm³/mol. The van der Waals surface area contributed by atoms with E-state index >= 15 is 0 Å². The molecule has 0 saturated heterocycles. The molecule has 1 heterocycles. The molecule has 0 aliphatic rings. The van der Waals surface area contributed by atoms with Crippen LogP contribution < -0.4 is 4.89 Å². The number of ether oxygens (including phenoxy) is 2. The van der Waals surface area contributed by atoms with Crippen LogP contribution in [0.25, 0.3) is 0 Å². The van der Waals surface area contributed by atoms with Gasteiger partial charge in [0.1, 0.15) is 31.3 Å². The molecule has 1 aromatic heterocycles. The van der Waals surface area contributed by atoms with Crippen molar-refractivity contribution in [1.82, 2.24) is 0 Å². The van der Waals surface area contributed by atoms with Crippen molar-refractivity contribution in [3.63, 3.8) is 0 Å². The number of rotatable bonds is 41. The number of esters is 2. The van der Waals surface area contributed by atoms with Crippen LogP contribution in [0.3, 0.4) is 0 Å². The quantitative estimate of drug-likeness (QED) is 0.0160. The van der Waals surface area contributed by atoms with Gasteiger partial charge in [0.15, 0.2) is 6.10 Å². The fraction of sp³-hybridized carbons (Fsp3) is 0.731. The number of hydrogen-bond acceptors (Lipinski definition) is 11. The molecule has 0 aliphatic heterocycles. The molecule has 0 radical (unpaired) electrons. The zero-order valence-electron chi connectivity index (χ0n) is 41.6. The second-order valence-corrected chi connectivity index (χ2v) is 19.9. The Balaban J connectivity index is 2.40. The molecule has 0 amide bonds. The number of phosphoric acid groups is 1. The molecule has 0 saturated carbocycles. The van der Waals surface area contributed by atoms with E-state index in [4.69, 9.17) is 22.9 Å². The lowest BCUT2D eigenvalue weighted by molar-refractivity contribution is -0.870. The van der Waals surface area contributed by atoms with Gasteiger partial charge in [0, 0.05) is 25.7 Å². The lowest BCUT2D eigenvalue weighted by atomic mass is 10.0. The van der Waals surface area contributed by atoms with E-state index in [0.717, 1.165) is 51.4 Å². The van der Waals surface area contributed by atoms with Crippen LogP contribution in [0.15, 0.2) is 53.0 Å². The maximum Gasteiger partial charge on any atom is 0.306 e. The Kier molecular flexibility index (Phi) is 34.4. The Morgan fingerprint density at radius 3 is 1.82 bits per heavy atom. The Hall–Kier alpha value is -2.83. The molecule has 0 bridgehead atoms. The van der Waals surface area contributed by atoms with Crippen molar-refractivity contribution in [2.75, 3.05) is 47.5 Å². The fourth-order valence-corrected chi connectivity index (χ4v) is 7.70. The van der Waals surface area contributed by atoms with Crippen LogP contribution in [0, 0.1) is 13.8 Å². The molecule has 12 nitrogen and oxygen atoms in total. The highest BCUT2D eigenvalue weighted by atomic mass is 31.2. The highest BCUT2D eigenvalue weighted by Gasteiger charge is 2.22. The average Bonchev–Trinajstić information content (AvgIpc) is 3.51. The largest absolute Gasteiger partial charge is 0.756 e. The van der Waals surface area contributed by atoms with Gasteiger partial charge in [-0.05, 0) is 76.3 Å². The normalized spacial score (nSPS) is 14.8. The van der Waals surface area contributed by atoms with Gasteiger partial charge in [0.25, 0.3) is 7.82 Å². The topological polar surface area (TPSA) is 165 Å². The number of furan rings is 1. The zero-order valence-corrected chi connectivity index (χ0v) is 42.5. The first-order chi connectivity index (χ1) is 31.1. The molecule has 2 N–H and O–H groups in total. The summed E-state index contributed by atoms with van der Waals surface area (Å²) in [5.74, 6) is 1.26. The summed E-state index contributed by atoms with van der Waals surface area (Å²) in [6.45, 7) is 8.21. The van der Waals surface area contributed by atoms with Gasteiger partial charge in [-0.2, -0.15) is 0 Å². The summed E-state index contributed by atoms with van der Waals surface area (Å²) in [7, 11) is 0.990. The Morgan fingerprint density at radius 2 is 1.22 bits per heavy atom. The minimum atomic E-state index is -4.71. The Bertz CT molecular complexity index is 1560. The molecular formula is C52H90NO11P. The van der Waals surface area contributed by atoms with E-state index < -0.39 is 44.7 Å². The lowest BCUT2D eigenvalue weighted by Gasteiger charge is -2.28. The summed E-state index contributed by atoms with van der Waals surface area (Å²) in [6, 6.07) is 0. The van der Waals surface area contributed by atoms with Gasteiger partial charge < -0.3 is 42.5 Å². The van der Waals surface area contributed by atoms with E-state index in [1.54, 1.807) is 36.5 Å². The highest BCUT2D eigenvalue weighted by molar-refractivity contribution is 7.45. The van der Waals surface area contributed by atoms with Crippen molar-refractivity contribution in [1.29, 1.82) is 0 Å². The smallest absolute Gasteiger partial charge is 0.306 e. The number of hydrogen-bond donors (Lipinski definition) is 2. The third-order valence-corrected chi connectivity index (χ3v) is 12.2. The van der Waals surface area contributed by atoms with Crippen LogP contribution in [-0.2, 0) is 45.5 Å². The van der Waals surface area contributed by atoms with Crippen LogP contribution in [0.2, 0.25) is 0 Å². The Labute approximate surface area is 394 Å². The molecule has 1 aromatic rings. The fourth-order valence-electron chi connectivity index (χ4n) is 6.97. The average molecular weight is 936 g/mol. The maximum atomic E-state index is 12.7. The minimum absolute atomic E-state index is 0.0425. The third kappa shape index (κ3) is 34.2. The van der Waals surface area contributed by atoms with Crippen LogP contribution in [0.5, 0.6) is 0 Å². The summed E-state index contributed by atoms with van der Waals surface area (Å²) in [6.07, 6.45) is 34.4. The van der Waals surface area contributed by atoms with E-state index in [2.05, 4.69) is 33.8 Å². The minimum Gasteiger partial charge on any atom is -0.756 e. The molecule has 374 valence electrons. The highest BCUT2D eigenvalue weighted by Crippen LogP contribution is 2.38. The molecule has 0 aliphatic carbocycles. The molecule has 65 heavy (non-hydrogen) atoms. The van der Waals surface area contributed by atoms with Crippen molar-refractivity contribution >= 4 is 19.8 Å². The second-order valence-electron chi connectivity index (χ2n) is 18.5. The number of aliphatic hydroxyl groups is 2. The molecule has 0 fully saturated rings. The summed E-state index contributed by atoms with van der Waals surface area (Å²) in [5.41, 5.74) is 2.67. The van der Waals surface area contributed by atoms with Crippen molar-refractivity contribution in [2.45, 2.75) is 200 Å². The van der Waals surface area contributed by atoms with Crippen molar-refractivity contribution < 1.29 is 56.7 Å². The van der Waals surface area contributed by atoms with Gasteiger partial charge in [-0.15, -0.1) is 0 Å². The number of allylic oxidation sites excluding steroid dienone is 5. The van der Waals surface area contributed by atoms with Gasteiger partial charge in [-0.3, -0.25) is 14.2 Å². The summed E-state index contributed by atoms with van der Waals surface area (Å²) in [5, 5.41) is 20.4. The number of phosphoric ester groups is 1. The van der Waals surface area contributed by atoms with Gasteiger partial charge in [0.2, 0.25) is 0 Å². The Morgan fingerprint density at radius 1 is 0.677 bits per heavy atom. The third-order valence-electron chi connectivity index (χ3n) is 11.2. The van der Waals surface area contributed by atoms with E-state index in [1.165, 1.54) is 86.9 Å². The first-order valence-electron chi connectivity index (χ1n) is 24.9. The standard InChI is InChI=1S/C52H90NO11P/c1-8-10-12-13-20-26-32-46(54)33-27-23-24-28-34-47(55)35-31-39-52(57)63-48(43-62-65(58,59)61-41-40-53(5,6)7)42-60-51(56)38-30-22-19-17-15-14-16-18-21-29-37-50-45(4)44(3)49(64-50)36-25-11-9-2/h20,23-24,26-28,33-34,46-48,54-55H,8-19,21-22,25,29-32,35-43H2,1-7H3/b24-23+,26-20-,33-27+,34-28-/t46-,47-,48+/m0/s1. The lowest BCUT2D eigenvalue weighted by Crippen LogP contribution is -2.37. The van der Waals surface area contributed by atoms with Gasteiger partial charge in [-0.1, -0.05) is 140 Å². The molecule has 1 rings (SSSR count). The van der Waals surface area contributed by atoms with Crippen LogP contribution in [0.1, 0.15) is 178 Å². The van der Waals surface area contributed by atoms with Gasteiger partial charge in [-0.25, -0.2) is 0 Å². The predicted octanol–water partition coefficient (Wildman–Crippen LogP) is 11.2. The summed E-state index contributed by atoms with van der Waals surface area (Å²) < 4.78 is 40.1. The van der Waals surface area contributed by atoms with Crippen molar-refractivity contribution in [3.05, 3.63) is 71.3 Å². The summed E-state index contributed by atoms with van der Waals surface area (Å²) >= 11 is 0. The number of unbranched alkanes of at least 4 members (excludes halogenated alkanes) is 14. The van der Waals surface area contributed by atoms with Gasteiger partial charge >= 0.3 is 11.9 Å². The van der Waals surface area contributed by atoms with Crippen molar-refractivity contribution in [2.24, 2.45) is 0 Å². The number of carbonyl (C=O) groups excluding carboxylic acids is 2. The number of likely N-dealkylation sites (N-methyl/N-ethyl adjacent to an activating group) is 1. The maximum absolute atomic E-state index is 12.7. The number of carbonyl (C=O) groups is 2. The molecule has 0 aromatic carbocycles. The van der Waals surface area contributed by atoms with Crippen LogP contribution in [-0.4, -0.2) is 92.5 Å². The number of quaternary nitrogens is 1. The van der Waals surface area contributed by atoms with E-state index in [-0.39, 0.29) is 32.5 Å². The number of aliphatic hydroxyl groups excluding tert-OH is 2. The monoisotopic (exact) mass is 936 g/mol. The number of nitrogens with zero attached hydrogens (tertiary/aromatic N) is 1. The summed E-state index contributed by atoms with van der Waals surface area (Å²) in [4.78, 5) is 37.8. The molecule has 0 spiro atoms. The van der Waals surface area contributed by atoms with Gasteiger partial charge in [0.05, 0.1) is 40.0 Å². The first-order valence-corrected chi connectivity index (χ1v) is 26.4. The molecular weight excluding hydrogens is 846 g/mol. The molecule has 13 heteroatoms. The van der Waals surface area contributed by atoms with Crippen LogP contribution >= 0.6 is 7.82 Å². The van der Waals surface area contributed by atoms with Crippen LogP contribution in [0.4, 0.5) is 0 Å². The van der Waals surface area contributed by atoms with E-state index in [9.17, 15) is 29.3 Å². The number of aryl methyl sites for hydroxylation is 2. The molecule has 1 unspecified atom stereocenters. The molecule has 4 atom stereocenters.